The van der Waals surface area contributed by atoms with E-state index in [0.717, 1.165) is 49.6 Å². The fraction of sp³-hybridized carbons (Fsp3) is 0.392. The van der Waals surface area contributed by atoms with Crippen molar-refractivity contribution in [2.24, 2.45) is 0 Å². The molecule has 4 aliphatic rings. The molecule has 4 saturated heterocycles. The fourth-order valence-electron chi connectivity index (χ4n) is 18.7. The van der Waals surface area contributed by atoms with Gasteiger partial charge < -0.3 is 29.4 Å². The maximum absolute atomic E-state index is 15.5. The van der Waals surface area contributed by atoms with Crippen LogP contribution in [0.15, 0.2) is 161 Å². The van der Waals surface area contributed by atoms with Gasteiger partial charge in [-0.25, -0.2) is 80.2 Å². The Balaban J connectivity index is 0.000000166. The first-order valence-corrected chi connectivity index (χ1v) is 49.2. The number of aromatic nitrogens is 14. The SMILES string of the molecule is C=CC(=O)N1CC(C)N(c2nc(=O)n(-c3c(C(C)C)nc(CN4CCCC4)nc3C(C)C)c3nc(-c4ccccc4F)c(Cl)cc23)CC1C.C=CC(=O)N1CC(C)N(c2nc(=O)n(-c3c(C(C)C)ncnc3C(C)C)c3nc(-c4ccccc4C#N)c(Cl)cc23)CC1C.C=CC(=O)N1CC(C)N(c2nc(=O)n(-c3c(C)ccnc3C(C)C)c3nc(-c4c(F)cccc4S(C)(=O)=O)c(Cl)cc23)CC1C. The predicted molar refractivity (Wildman–Crippen MR) is 538 cm³/mol. The Bertz CT molecular complexity index is 7170. The number of likely N-dealkylation sites (tertiary alicyclic amines) is 1. The summed E-state index contributed by atoms with van der Waals surface area (Å²) >= 11 is 20.7. The van der Waals surface area contributed by atoms with Gasteiger partial charge in [-0.2, -0.15) is 20.2 Å². The van der Waals surface area contributed by atoms with Gasteiger partial charge in [-0.1, -0.05) is 160 Å². The summed E-state index contributed by atoms with van der Waals surface area (Å²) in [5, 5.41) is 11.8. The predicted octanol–water partition coefficient (Wildman–Crippen LogP) is 17.2. The summed E-state index contributed by atoms with van der Waals surface area (Å²) in [5.41, 5.74) is 6.02. The van der Waals surface area contributed by atoms with Gasteiger partial charge in [-0.15, -0.1) is 0 Å². The number of piperazine rings is 3. The Labute approximate surface area is 815 Å². The first-order valence-electron chi connectivity index (χ1n) is 46.2. The van der Waals surface area contributed by atoms with E-state index in [1.54, 1.807) is 75.5 Å². The molecule has 30 nitrogen and oxygen atoms in total. The zero-order chi connectivity index (χ0) is 100.0. The number of rotatable bonds is 20. The quantitative estimate of drug-likeness (QED) is 0.0640. The summed E-state index contributed by atoms with van der Waals surface area (Å²) in [6.45, 7) is 49.6. The molecule has 0 radical (unpaired) electrons. The van der Waals surface area contributed by atoms with Crippen molar-refractivity contribution in [2.75, 3.05) is 73.3 Å². The number of nitrogens with zero attached hydrogens (tertiary/aromatic N) is 22. The second kappa shape index (κ2) is 41.3. The molecule has 720 valence electrons. The number of pyridine rings is 4. The fourth-order valence-corrected chi connectivity index (χ4v) is 20.3. The van der Waals surface area contributed by atoms with Crippen LogP contribution in [0.4, 0.5) is 26.2 Å². The zero-order valence-electron chi connectivity index (χ0n) is 80.7. The van der Waals surface area contributed by atoms with Crippen molar-refractivity contribution >= 4 is 113 Å². The molecular weight excluding hydrogens is 1840 g/mol. The molecule has 4 fully saturated rings. The summed E-state index contributed by atoms with van der Waals surface area (Å²) in [4.78, 5) is 146. The molecule has 0 bridgehead atoms. The van der Waals surface area contributed by atoms with Crippen molar-refractivity contribution < 1.29 is 31.6 Å². The van der Waals surface area contributed by atoms with E-state index in [-0.39, 0.29) is 132 Å². The monoisotopic (exact) mass is 1950 g/mol. The summed E-state index contributed by atoms with van der Waals surface area (Å²) in [5.74, 6) is -0.252. The first-order chi connectivity index (χ1) is 65.5. The average Bonchev–Trinajstić information content (AvgIpc) is 0.901. The number of benzene rings is 3. The van der Waals surface area contributed by atoms with E-state index in [1.807, 2.05) is 138 Å². The number of amides is 3. The average molecular weight is 1950 g/mol. The molecule has 4 aliphatic heterocycles. The minimum absolute atomic E-state index is 0.0288. The lowest BCUT2D eigenvalue weighted by Gasteiger charge is -2.44. The summed E-state index contributed by atoms with van der Waals surface area (Å²) in [6, 6.07) is 24.9. The number of aryl methyl sites for hydroxylation is 1. The van der Waals surface area contributed by atoms with Crippen molar-refractivity contribution in [3.63, 3.8) is 0 Å². The normalized spacial score (nSPS) is 17.6. The highest BCUT2D eigenvalue weighted by molar-refractivity contribution is 7.90. The number of halogens is 5. The van der Waals surface area contributed by atoms with Gasteiger partial charge in [0, 0.05) is 99.1 Å². The molecule has 13 heterocycles. The number of hydrogen-bond acceptors (Lipinski definition) is 24. The third-order valence-corrected chi connectivity index (χ3v) is 27.6. The van der Waals surface area contributed by atoms with Gasteiger partial charge in [0.05, 0.1) is 122 Å². The first kappa shape index (κ1) is 101. The van der Waals surface area contributed by atoms with Crippen LogP contribution in [0.5, 0.6) is 0 Å². The van der Waals surface area contributed by atoms with Gasteiger partial charge in [0.1, 0.15) is 41.2 Å². The van der Waals surface area contributed by atoms with Crippen LogP contribution in [0.2, 0.25) is 15.1 Å². The van der Waals surface area contributed by atoms with E-state index >= 15 is 8.78 Å². The standard InChI is InChI=1S/C37H44ClFN8O2.C33H35ClN8O2.C32H34ClFN6O4S/c1-8-30(48)45-18-24(7)46(19-23(45)6)35-26-17-27(38)33(25-13-9-10-14-28(25)39)42-36(26)47(37(49)43-35)34-31(21(2)3)40-29(41-32(34)22(4)5)20-44-15-11-12-16-44;1-8-26(43)40-15-21(7)41(16-20(40)6)31-24-13-25(34)29(23-12-10-9-11-22(23)14-35)38-32(24)42(33(44)39-31)30-27(18(2)3)36-17-37-28(30)19(4)5;1-8-25(41)38-15-20(6)39(16-19(38)5)30-21-14-22(33)28(26-23(34)10-9-11-24(26)45(7,43)44)36-31(21)40(32(42)37-30)29-18(4)12-13-35-27(29)17(2)3/h8-10,13-14,17,21-24H,1,11-12,15-16,18-20H2,2-7H3;8-13,17-21H,1,15-16H2,2-7H3;8-14,17,19-20H,1,15-16H2,2-7H3. The van der Waals surface area contributed by atoms with Crippen molar-refractivity contribution in [2.45, 2.75) is 208 Å². The molecular formula is C102H113Cl3F2N22O8S. The third-order valence-electron chi connectivity index (χ3n) is 25.6. The lowest BCUT2D eigenvalue weighted by molar-refractivity contribution is -0.129. The number of carbonyl (C=O) groups is 3. The maximum atomic E-state index is 15.5. The molecule has 6 atom stereocenters. The van der Waals surface area contributed by atoms with E-state index < -0.39 is 38.5 Å². The Kier molecular flexibility index (Phi) is 30.2. The van der Waals surface area contributed by atoms with E-state index in [1.165, 1.54) is 62.5 Å². The van der Waals surface area contributed by atoms with Crippen LogP contribution in [-0.4, -0.2) is 209 Å². The largest absolute Gasteiger partial charge is 0.355 e. The molecule has 16 rings (SSSR count). The van der Waals surface area contributed by atoms with Gasteiger partial charge in [0.2, 0.25) is 17.7 Å². The zero-order valence-corrected chi connectivity index (χ0v) is 83.8. The van der Waals surface area contributed by atoms with Gasteiger partial charge in [-0.3, -0.25) is 24.3 Å². The molecule has 36 heteroatoms. The Morgan fingerprint density at radius 2 is 0.841 bits per heavy atom. The maximum Gasteiger partial charge on any atom is 0.355 e. The van der Waals surface area contributed by atoms with Crippen molar-refractivity contribution in [1.29, 1.82) is 5.26 Å². The minimum atomic E-state index is -3.90. The topological polar surface area (TPSA) is 340 Å². The van der Waals surface area contributed by atoms with Crippen LogP contribution < -0.4 is 31.8 Å². The molecule has 9 aromatic heterocycles. The molecule has 0 saturated carbocycles. The third kappa shape index (κ3) is 19.8. The Hall–Kier alpha value is -13.0. The van der Waals surface area contributed by atoms with E-state index in [0.29, 0.717) is 152 Å². The summed E-state index contributed by atoms with van der Waals surface area (Å²) < 4.78 is 60.5. The lowest BCUT2D eigenvalue weighted by atomic mass is 10.0. The highest BCUT2D eigenvalue weighted by Gasteiger charge is 2.40. The number of sulfone groups is 1. The van der Waals surface area contributed by atoms with Gasteiger partial charge in [-0.05, 0) is 182 Å². The van der Waals surface area contributed by atoms with E-state index in [4.69, 9.17) is 64.7 Å². The van der Waals surface area contributed by atoms with Crippen LogP contribution in [-0.2, 0) is 30.8 Å². The van der Waals surface area contributed by atoms with Crippen LogP contribution in [0.25, 0.3) is 83.9 Å². The smallest absolute Gasteiger partial charge is 0.349 e. The van der Waals surface area contributed by atoms with Crippen molar-refractivity contribution in [3.05, 3.63) is 245 Å². The van der Waals surface area contributed by atoms with Crippen molar-refractivity contribution in [1.82, 2.24) is 88.1 Å². The Morgan fingerprint density at radius 3 is 1.25 bits per heavy atom. The van der Waals surface area contributed by atoms with Gasteiger partial charge in [0.25, 0.3) is 0 Å². The molecule has 0 N–H and O–H groups in total. The number of nitriles is 1. The highest BCUT2D eigenvalue weighted by atomic mass is 35.5. The molecule has 3 aromatic carbocycles. The highest BCUT2D eigenvalue weighted by Crippen LogP contribution is 2.44. The van der Waals surface area contributed by atoms with Crippen LogP contribution >= 0.6 is 34.8 Å². The summed E-state index contributed by atoms with van der Waals surface area (Å²) in [6.07, 6.45) is 10.4. The molecule has 3 amide bonds. The number of fused-ring (bicyclic) bond motifs is 3. The molecule has 0 spiro atoms. The second-order valence-corrected chi connectivity index (χ2v) is 40.5. The Morgan fingerprint density at radius 1 is 0.471 bits per heavy atom. The molecule has 6 unspecified atom stereocenters. The van der Waals surface area contributed by atoms with Crippen LogP contribution in [0.3, 0.4) is 0 Å². The van der Waals surface area contributed by atoms with E-state index in [9.17, 15) is 42.4 Å². The van der Waals surface area contributed by atoms with Gasteiger partial charge >= 0.3 is 17.1 Å². The lowest BCUT2D eigenvalue weighted by Crippen LogP contribution is -2.58. The van der Waals surface area contributed by atoms with Crippen LogP contribution in [0.1, 0.15) is 199 Å². The minimum Gasteiger partial charge on any atom is -0.349 e. The van der Waals surface area contributed by atoms with E-state index in [2.05, 4.69) is 55.6 Å². The number of carbonyl (C=O) groups excluding carboxylic acids is 3. The molecule has 12 aromatic rings. The molecule has 0 aliphatic carbocycles. The number of anilines is 3. The second-order valence-electron chi connectivity index (χ2n) is 37.3. The van der Waals surface area contributed by atoms with Crippen molar-refractivity contribution in [3.8, 4) is 56.9 Å². The van der Waals surface area contributed by atoms with Gasteiger partial charge in [0.15, 0.2) is 26.8 Å². The molecule has 138 heavy (non-hydrogen) atoms. The van der Waals surface area contributed by atoms with Crippen LogP contribution in [0, 0.1) is 29.9 Å². The summed E-state index contributed by atoms with van der Waals surface area (Å²) in [7, 11) is -3.90. The number of hydrogen-bond donors (Lipinski definition) is 0.